The molecule has 0 saturated carbocycles. The Morgan fingerprint density at radius 2 is 1.76 bits per heavy atom. The monoisotopic (exact) mass is 336 g/mol. The fourth-order valence-electron chi connectivity index (χ4n) is 3.62. The highest BCUT2D eigenvalue weighted by Gasteiger charge is 2.24. The van der Waals surface area contributed by atoms with Gasteiger partial charge in [0.05, 0.1) is 12.3 Å². The van der Waals surface area contributed by atoms with Gasteiger partial charge >= 0.3 is 0 Å². The number of rotatable bonds is 6. The van der Waals surface area contributed by atoms with Crippen LogP contribution in [0.4, 0.5) is 0 Å². The molecule has 1 aliphatic heterocycles. The molecule has 2 aromatic carbocycles. The Labute approximate surface area is 148 Å². The molecule has 1 saturated heterocycles. The van der Waals surface area contributed by atoms with Gasteiger partial charge in [-0.25, -0.2) is 0 Å². The topological polar surface area (TPSA) is 38.5 Å². The molecule has 4 nitrogen and oxygen atoms in total. The van der Waals surface area contributed by atoms with Crippen molar-refractivity contribution in [2.75, 3.05) is 26.2 Å². The van der Waals surface area contributed by atoms with Crippen LogP contribution in [0.25, 0.3) is 11.0 Å². The minimum atomic E-state index is 0.514. The lowest BCUT2D eigenvalue weighted by Gasteiger charge is -2.31. The number of nitrogens with zero attached hydrogens (tertiary/aromatic N) is 2. The molecule has 25 heavy (non-hydrogen) atoms. The Morgan fingerprint density at radius 1 is 1.00 bits per heavy atom. The fraction of sp³-hybridized carbons (Fsp3) is 0.381. The summed E-state index contributed by atoms with van der Waals surface area (Å²) in [5.74, 6) is 1.47. The molecule has 3 aromatic rings. The fourth-order valence-corrected chi connectivity index (χ4v) is 3.62. The summed E-state index contributed by atoms with van der Waals surface area (Å²) in [6.45, 7) is 4.12. The quantitative estimate of drug-likeness (QED) is 0.622. The highest BCUT2D eigenvalue weighted by Crippen LogP contribution is 2.32. The summed E-state index contributed by atoms with van der Waals surface area (Å²) < 4.78 is 11.2. The summed E-state index contributed by atoms with van der Waals surface area (Å²) in [7, 11) is 0. The normalized spacial score (nSPS) is 16.3. The van der Waals surface area contributed by atoms with E-state index in [-0.39, 0.29) is 0 Å². The van der Waals surface area contributed by atoms with Crippen molar-refractivity contribution in [3.8, 4) is 5.75 Å². The van der Waals surface area contributed by atoms with Crippen molar-refractivity contribution in [2.24, 2.45) is 0 Å². The predicted molar refractivity (Wildman–Crippen MR) is 99.0 cm³/mol. The molecule has 0 radical (unpaired) electrons. The van der Waals surface area contributed by atoms with E-state index in [1.165, 1.54) is 5.39 Å². The average Bonchev–Trinajstić information content (AvgIpc) is 3.11. The summed E-state index contributed by atoms with van der Waals surface area (Å²) in [4.78, 5) is 2.53. The number of ether oxygens (including phenoxy) is 1. The molecule has 1 aromatic heterocycles. The Balaban J connectivity index is 1.23. The molecule has 0 amide bonds. The molecule has 0 N–H and O–H groups in total. The number of hydrogen-bond donors (Lipinski definition) is 0. The van der Waals surface area contributed by atoms with Gasteiger partial charge in [-0.1, -0.05) is 35.5 Å². The minimum Gasteiger partial charge on any atom is -0.494 e. The minimum absolute atomic E-state index is 0.514. The molecule has 0 bridgehead atoms. The van der Waals surface area contributed by atoms with Crippen LogP contribution >= 0.6 is 0 Å². The van der Waals surface area contributed by atoms with Gasteiger partial charge in [0.15, 0.2) is 5.58 Å². The van der Waals surface area contributed by atoms with Gasteiger partial charge in [-0.2, -0.15) is 0 Å². The maximum absolute atomic E-state index is 5.78. The van der Waals surface area contributed by atoms with E-state index in [4.69, 9.17) is 9.26 Å². The van der Waals surface area contributed by atoms with Crippen molar-refractivity contribution in [1.82, 2.24) is 10.1 Å². The second kappa shape index (κ2) is 7.70. The summed E-state index contributed by atoms with van der Waals surface area (Å²) in [5.41, 5.74) is 2.04. The SMILES string of the molecule is c1ccc(OCCCN2CCC(c3noc4ccccc34)CC2)cc1. The molecule has 1 fully saturated rings. The van der Waals surface area contributed by atoms with Gasteiger partial charge in [0.1, 0.15) is 5.75 Å². The van der Waals surface area contributed by atoms with E-state index in [9.17, 15) is 0 Å². The standard InChI is InChI=1S/C21H24N2O2/c1-2-7-18(8-3-1)24-16-6-13-23-14-11-17(12-15-23)21-19-9-4-5-10-20(19)25-22-21/h1-5,7-10,17H,6,11-16H2. The number of piperidine rings is 1. The highest BCUT2D eigenvalue weighted by atomic mass is 16.5. The molecule has 0 unspecified atom stereocenters. The summed E-state index contributed by atoms with van der Waals surface area (Å²) in [5, 5.41) is 5.52. The lowest BCUT2D eigenvalue weighted by molar-refractivity contribution is 0.191. The van der Waals surface area contributed by atoms with Crippen molar-refractivity contribution in [3.63, 3.8) is 0 Å². The predicted octanol–water partition coefficient (Wildman–Crippen LogP) is 4.48. The van der Waals surface area contributed by atoms with Gasteiger partial charge < -0.3 is 14.2 Å². The van der Waals surface area contributed by atoms with Crippen molar-refractivity contribution in [1.29, 1.82) is 0 Å². The van der Waals surface area contributed by atoms with E-state index < -0.39 is 0 Å². The van der Waals surface area contributed by atoms with E-state index in [0.717, 1.165) is 62.5 Å². The van der Waals surface area contributed by atoms with Crippen LogP contribution in [-0.4, -0.2) is 36.3 Å². The number of hydrogen-bond acceptors (Lipinski definition) is 4. The van der Waals surface area contributed by atoms with Crippen LogP contribution in [0.2, 0.25) is 0 Å². The van der Waals surface area contributed by atoms with Crippen molar-refractivity contribution < 1.29 is 9.26 Å². The maximum Gasteiger partial charge on any atom is 0.167 e. The van der Waals surface area contributed by atoms with Crippen LogP contribution in [0, 0.1) is 0 Å². The molecule has 1 aliphatic rings. The van der Waals surface area contributed by atoms with Gasteiger partial charge in [-0.05, 0) is 56.6 Å². The van der Waals surface area contributed by atoms with E-state index in [1.807, 2.05) is 42.5 Å². The van der Waals surface area contributed by atoms with Crippen LogP contribution in [0.1, 0.15) is 30.9 Å². The smallest absolute Gasteiger partial charge is 0.167 e. The van der Waals surface area contributed by atoms with Crippen LogP contribution in [0.3, 0.4) is 0 Å². The molecular formula is C21H24N2O2. The molecular weight excluding hydrogens is 312 g/mol. The second-order valence-corrected chi connectivity index (χ2v) is 6.69. The number of aromatic nitrogens is 1. The number of fused-ring (bicyclic) bond motifs is 1. The van der Waals surface area contributed by atoms with E-state index in [2.05, 4.69) is 22.2 Å². The molecule has 4 heteroatoms. The van der Waals surface area contributed by atoms with Gasteiger partial charge in [-0.15, -0.1) is 0 Å². The zero-order valence-electron chi connectivity index (χ0n) is 14.4. The first-order valence-electron chi connectivity index (χ1n) is 9.14. The zero-order valence-corrected chi connectivity index (χ0v) is 14.4. The number of benzene rings is 2. The van der Waals surface area contributed by atoms with Crippen LogP contribution in [0.5, 0.6) is 5.75 Å². The lowest BCUT2D eigenvalue weighted by atomic mass is 9.91. The highest BCUT2D eigenvalue weighted by molar-refractivity contribution is 5.79. The maximum atomic E-state index is 5.78. The van der Waals surface area contributed by atoms with Gasteiger partial charge in [0.2, 0.25) is 0 Å². The lowest BCUT2D eigenvalue weighted by Crippen LogP contribution is -2.34. The first-order valence-corrected chi connectivity index (χ1v) is 9.14. The zero-order chi connectivity index (χ0) is 16.9. The van der Waals surface area contributed by atoms with Crippen LogP contribution < -0.4 is 4.74 Å². The Hall–Kier alpha value is -2.33. The van der Waals surface area contributed by atoms with E-state index in [0.29, 0.717) is 5.92 Å². The van der Waals surface area contributed by atoms with Crippen molar-refractivity contribution in [2.45, 2.75) is 25.2 Å². The Kier molecular flexibility index (Phi) is 4.98. The summed E-state index contributed by atoms with van der Waals surface area (Å²) in [6.07, 6.45) is 3.36. The molecule has 4 rings (SSSR count). The molecule has 0 aliphatic carbocycles. The Morgan fingerprint density at radius 3 is 2.60 bits per heavy atom. The second-order valence-electron chi connectivity index (χ2n) is 6.69. The van der Waals surface area contributed by atoms with E-state index in [1.54, 1.807) is 0 Å². The molecule has 0 spiro atoms. The third-order valence-corrected chi connectivity index (χ3v) is 5.01. The summed E-state index contributed by atoms with van der Waals surface area (Å²) >= 11 is 0. The summed E-state index contributed by atoms with van der Waals surface area (Å²) in [6, 6.07) is 18.2. The average molecular weight is 336 g/mol. The number of likely N-dealkylation sites (tertiary alicyclic amines) is 1. The van der Waals surface area contributed by atoms with Crippen molar-refractivity contribution in [3.05, 3.63) is 60.3 Å². The van der Waals surface area contributed by atoms with E-state index >= 15 is 0 Å². The molecule has 2 heterocycles. The number of para-hydroxylation sites is 2. The van der Waals surface area contributed by atoms with Gasteiger partial charge in [0, 0.05) is 17.8 Å². The third-order valence-electron chi connectivity index (χ3n) is 5.01. The van der Waals surface area contributed by atoms with Crippen LogP contribution in [-0.2, 0) is 0 Å². The van der Waals surface area contributed by atoms with Gasteiger partial charge in [-0.3, -0.25) is 0 Å². The third kappa shape index (κ3) is 3.85. The van der Waals surface area contributed by atoms with Crippen LogP contribution in [0.15, 0.2) is 59.1 Å². The largest absolute Gasteiger partial charge is 0.494 e. The molecule has 130 valence electrons. The first-order chi connectivity index (χ1) is 12.4. The van der Waals surface area contributed by atoms with Gasteiger partial charge in [0.25, 0.3) is 0 Å². The first kappa shape index (κ1) is 16.2. The molecule has 0 atom stereocenters. The van der Waals surface area contributed by atoms with Crippen molar-refractivity contribution >= 4 is 11.0 Å². The Bertz CT molecular complexity index is 792.